The molecule has 2 fully saturated rings. The van der Waals surface area contributed by atoms with E-state index in [-0.39, 0.29) is 17.9 Å². The fourth-order valence-corrected chi connectivity index (χ4v) is 3.64. The van der Waals surface area contributed by atoms with Crippen LogP contribution in [-0.2, 0) is 16.1 Å². The lowest BCUT2D eigenvalue weighted by atomic mass is 10.0. The lowest BCUT2D eigenvalue weighted by Gasteiger charge is -2.12. The van der Waals surface area contributed by atoms with Crippen LogP contribution in [0.25, 0.3) is 0 Å². The highest BCUT2D eigenvalue weighted by molar-refractivity contribution is 5.82. The predicted octanol–water partition coefficient (Wildman–Crippen LogP) is 1.93. The van der Waals surface area contributed by atoms with Crippen molar-refractivity contribution in [2.45, 2.75) is 52.2 Å². The Morgan fingerprint density at radius 2 is 2.18 bits per heavy atom. The molecule has 2 saturated carbocycles. The van der Waals surface area contributed by atoms with Crippen molar-refractivity contribution in [2.75, 3.05) is 13.2 Å². The van der Waals surface area contributed by atoms with Gasteiger partial charge in [-0.05, 0) is 38.5 Å². The summed E-state index contributed by atoms with van der Waals surface area (Å²) in [6, 6.07) is 0.104. The molecule has 0 aromatic carbocycles. The van der Waals surface area contributed by atoms with Crippen molar-refractivity contribution < 1.29 is 9.53 Å². The number of fused-ring (bicyclic) bond motifs is 1. The second-order valence-electron chi connectivity index (χ2n) is 6.56. The Labute approximate surface area is 131 Å². The molecule has 0 radical (unpaired) electrons. The number of amides is 1. The molecule has 2 unspecified atom stereocenters. The van der Waals surface area contributed by atoms with Crippen LogP contribution in [0.5, 0.6) is 0 Å². The van der Waals surface area contributed by atoms with Gasteiger partial charge in [0.2, 0.25) is 5.91 Å². The van der Waals surface area contributed by atoms with Crippen molar-refractivity contribution in [1.82, 2.24) is 20.3 Å². The zero-order valence-electron chi connectivity index (χ0n) is 13.5. The molecule has 6 heteroatoms. The van der Waals surface area contributed by atoms with Gasteiger partial charge in [0.1, 0.15) is 5.69 Å². The molecule has 0 bridgehead atoms. The fraction of sp³-hybridized carbons (Fsp3) is 0.812. The average molecular weight is 306 g/mol. The van der Waals surface area contributed by atoms with Gasteiger partial charge in [-0.15, -0.1) is 5.10 Å². The highest BCUT2D eigenvalue weighted by Gasteiger charge is 2.54. The summed E-state index contributed by atoms with van der Waals surface area (Å²) in [7, 11) is 0. The number of hydrogen-bond acceptors (Lipinski definition) is 4. The van der Waals surface area contributed by atoms with Gasteiger partial charge in [-0.2, -0.15) is 0 Å². The molecule has 1 heterocycles. The smallest absolute Gasteiger partial charge is 0.223 e. The maximum absolute atomic E-state index is 12.3. The van der Waals surface area contributed by atoms with Gasteiger partial charge in [0.05, 0.1) is 18.8 Å². The van der Waals surface area contributed by atoms with Gasteiger partial charge in [-0.3, -0.25) is 4.79 Å². The second kappa shape index (κ2) is 6.77. The van der Waals surface area contributed by atoms with Crippen molar-refractivity contribution in [1.29, 1.82) is 0 Å². The van der Waals surface area contributed by atoms with Gasteiger partial charge in [-0.1, -0.05) is 18.1 Å². The lowest BCUT2D eigenvalue weighted by Crippen LogP contribution is -2.31. The summed E-state index contributed by atoms with van der Waals surface area (Å²) in [6.07, 6.45) is 6.96. The van der Waals surface area contributed by atoms with E-state index in [4.69, 9.17) is 4.74 Å². The van der Waals surface area contributed by atoms with E-state index in [2.05, 4.69) is 15.6 Å². The van der Waals surface area contributed by atoms with Gasteiger partial charge in [0, 0.05) is 19.1 Å². The van der Waals surface area contributed by atoms with Crippen LogP contribution in [0.2, 0.25) is 0 Å². The number of hydrogen-bond donors (Lipinski definition) is 1. The average Bonchev–Trinajstić information content (AvgIpc) is 3.08. The van der Waals surface area contributed by atoms with E-state index in [1.54, 1.807) is 4.68 Å². The first-order valence-electron chi connectivity index (χ1n) is 8.47. The highest BCUT2D eigenvalue weighted by Crippen LogP contribution is 2.55. The fourth-order valence-electron chi connectivity index (χ4n) is 3.64. The Morgan fingerprint density at radius 3 is 2.86 bits per heavy atom. The van der Waals surface area contributed by atoms with Crippen LogP contribution >= 0.6 is 0 Å². The van der Waals surface area contributed by atoms with Crippen LogP contribution in [0.1, 0.15) is 51.3 Å². The molecule has 0 spiro atoms. The zero-order valence-corrected chi connectivity index (χ0v) is 13.5. The molecule has 1 aromatic heterocycles. The number of aromatic nitrogens is 3. The van der Waals surface area contributed by atoms with Crippen LogP contribution in [0, 0.1) is 17.8 Å². The van der Waals surface area contributed by atoms with E-state index < -0.39 is 0 Å². The normalized spacial score (nSPS) is 28.0. The minimum Gasteiger partial charge on any atom is -0.375 e. The number of nitrogens with zero attached hydrogens (tertiary/aromatic N) is 3. The van der Waals surface area contributed by atoms with Gasteiger partial charge in [0.25, 0.3) is 0 Å². The summed E-state index contributed by atoms with van der Waals surface area (Å²) in [5, 5.41) is 11.3. The summed E-state index contributed by atoms with van der Waals surface area (Å²) < 4.78 is 7.12. The number of nitrogens with one attached hydrogen (secondary N) is 1. The Kier molecular flexibility index (Phi) is 4.76. The monoisotopic (exact) mass is 306 g/mol. The maximum Gasteiger partial charge on any atom is 0.223 e. The molecule has 4 atom stereocenters. The van der Waals surface area contributed by atoms with E-state index in [1.807, 2.05) is 20.0 Å². The minimum absolute atomic E-state index is 0.104. The van der Waals surface area contributed by atoms with Gasteiger partial charge >= 0.3 is 0 Å². The van der Waals surface area contributed by atoms with Gasteiger partial charge in [0.15, 0.2) is 0 Å². The Morgan fingerprint density at radius 1 is 1.45 bits per heavy atom. The van der Waals surface area contributed by atoms with Crippen LogP contribution in [-0.4, -0.2) is 34.1 Å². The quantitative estimate of drug-likeness (QED) is 0.835. The molecule has 122 valence electrons. The molecule has 6 nitrogen and oxygen atoms in total. The Bertz CT molecular complexity index is 504. The zero-order chi connectivity index (χ0) is 15.5. The summed E-state index contributed by atoms with van der Waals surface area (Å²) in [4.78, 5) is 12.3. The van der Waals surface area contributed by atoms with E-state index in [9.17, 15) is 4.79 Å². The number of ether oxygens (including phenoxy) is 1. The molecular weight excluding hydrogens is 280 g/mol. The van der Waals surface area contributed by atoms with Crippen molar-refractivity contribution in [3.05, 3.63) is 11.9 Å². The highest BCUT2D eigenvalue weighted by atomic mass is 16.5. The Balaban J connectivity index is 1.44. The first-order valence-corrected chi connectivity index (χ1v) is 8.47. The third-order valence-corrected chi connectivity index (χ3v) is 4.99. The first-order chi connectivity index (χ1) is 10.7. The minimum atomic E-state index is 0.104. The van der Waals surface area contributed by atoms with Crippen molar-refractivity contribution in [3.63, 3.8) is 0 Å². The van der Waals surface area contributed by atoms with E-state index in [0.29, 0.717) is 31.6 Å². The van der Waals surface area contributed by atoms with Crippen LogP contribution in [0.15, 0.2) is 6.20 Å². The standard InChI is InChI=1S/C16H26N4O2/c1-3-22-10-12-9-20(19-18-12)11(2)8-17-16(21)15-13-6-4-5-7-14(13)15/h9,11,13-15H,3-8,10H2,1-2H3,(H,17,21)/t11?,13-,14+,15?. The SMILES string of the molecule is CCOCc1cn(C(C)CNC(=O)C2[C@H]3CCCC[C@@H]23)nn1. The molecule has 2 aliphatic carbocycles. The predicted molar refractivity (Wildman–Crippen MR) is 82.0 cm³/mol. The first kappa shape index (κ1) is 15.5. The van der Waals surface area contributed by atoms with Gasteiger partial charge in [-0.25, -0.2) is 4.68 Å². The molecule has 3 rings (SSSR count). The molecule has 2 aliphatic rings. The summed E-state index contributed by atoms with van der Waals surface area (Å²) >= 11 is 0. The van der Waals surface area contributed by atoms with Crippen molar-refractivity contribution in [2.24, 2.45) is 17.8 Å². The van der Waals surface area contributed by atoms with E-state index >= 15 is 0 Å². The van der Waals surface area contributed by atoms with Gasteiger partial charge < -0.3 is 10.1 Å². The molecule has 1 N–H and O–H groups in total. The number of rotatable bonds is 7. The summed E-state index contributed by atoms with van der Waals surface area (Å²) in [5.41, 5.74) is 0.827. The summed E-state index contributed by atoms with van der Waals surface area (Å²) in [6.45, 7) is 5.76. The largest absolute Gasteiger partial charge is 0.375 e. The topological polar surface area (TPSA) is 69.0 Å². The van der Waals surface area contributed by atoms with E-state index in [1.165, 1.54) is 25.7 Å². The molecule has 0 saturated heterocycles. The molecule has 0 aliphatic heterocycles. The molecular formula is C16H26N4O2. The molecule has 1 amide bonds. The lowest BCUT2D eigenvalue weighted by molar-refractivity contribution is -0.123. The maximum atomic E-state index is 12.3. The number of carbonyl (C=O) groups is 1. The third-order valence-electron chi connectivity index (χ3n) is 4.99. The van der Waals surface area contributed by atoms with Crippen LogP contribution < -0.4 is 5.32 Å². The van der Waals surface area contributed by atoms with Crippen molar-refractivity contribution in [3.8, 4) is 0 Å². The van der Waals surface area contributed by atoms with Crippen LogP contribution in [0.3, 0.4) is 0 Å². The van der Waals surface area contributed by atoms with Crippen LogP contribution in [0.4, 0.5) is 0 Å². The second-order valence-corrected chi connectivity index (χ2v) is 6.56. The molecule has 22 heavy (non-hydrogen) atoms. The number of carbonyl (C=O) groups excluding carboxylic acids is 1. The van der Waals surface area contributed by atoms with E-state index in [0.717, 1.165) is 5.69 Å². The molecule has 1 aromatic rings. The van der Waals surface area contributed by atoms with Crippen molar-refractivity contribution >= 4 is 5.91 Å². The summed E-state index contributed by atoms with van der Waals surface area (Å²) in [5.74, 6) is 1.83. The third kappa shape index (κ3) is 3.32. The Hall–Kier alpha value is -1.43.